The van der Waals surface area contributed by atoms with E-state index in [0.29, 0.717) is 11.3 Å². The van der Waals surface area contributed by atoms with Crippen LogP contribution in [0.5, 0.6) is 0 Å². The van der Waals surface area contributed by atoms with Gasteiger partial charge >= 0.3 is 5.97 Å². The second-order valence-electron chi connectivity index (χ2n) is 4.60. The van der Waals surface area contributed by atoms with E-state index in [1.807, 2.05) is 26.0 Å². The Morgan fingerprint density at radius 1 is 1.00 bits per heavy atom. The van der Waals surface area contributed by atoms with Gasteiger partial charge < -0.3 is 10.4 Å². The number of carbonyl (C=O) groups excluding carboxylic acids is 1. The SMILES string of the molecule is Cc1ccc(C(=O)O)cc1NC(=O)c1ccccc1C. The van der Waals surface area contributed by atoms with E-state index < -0.39 is 5.97 Å². The van der Waals surface area contributed by atoms with Crippen molar-refractivity contribution < 1.29 is 14.7 Å². The van der Waals surface area contributed by atoms with Crippen LogP contribution in [0, 0.1) is 13.8 Å². The first-order valence-corrected chi connectivity index (χ1v) is 6.20. The zero-order chi connectivity index (χ0) is 14.7. The summed E-state index contributed by atoms with van der Waals surface area (Å²) >= 11 is 0. The molecule has 0 aliphatic carbocycles. The van der Waals surface area contributed by atoms with Gasteiger partial charge in [0.15, 0.2) is 0 Å². The number of amides is 1. The van der Waals surface area contributed by atoms with Crippen molar-refractivity contribution in [3.05, 3.63) is 64.7 Å². The Morgan fingerprint density at radius 3 is 2.35 bits per heavy atom. The van der Waals surface area contributed by atoms with Crippen LogP contribution in [-0.2, 0) is 0 Å². The minimum absolute atomic E-state index is 0.149. The number of benzene rings is 2. The lowest BCUT2D eigenvalue weighted by Gasteiger charge is -2.10. The Hall–Kier alpha value is -2.62. The molecule has 4 heteroatoms. The van der Waals surface area contributed by atoms with Gasteiger partial charge in [-0.3, -0.25) is 4.79 Å². The number of carbonyl (C=O) groups is 2. The Balaban J connectivity index is 2.30. The van der Waals surface area contributed by atoms with Crippen LogP contribution in [0.1, 0.15) is 31.8 Å². The summed E-state index contributed by atoms with van der Waals surface area (Å²) in [5.74, 6) is -1.26. The molecule has 0 spiro atoms. The van der Waals surface area contributed by atoms with Gasteiger partial charge in [-0.1, -0.05) is 24.3 Å². The predicted octanol–water partition coefficient (Wildman–Crippen LogP) is 3.25. The first-order chi connectivity index (χ1) is 9.49. The highest BCUT2D eigenvalue weighted by Gasteiger charge is 2.11. The summed E-state index contributed by atoms with van der Waals surface area (Å²) < 4.78 is 0. The fraction of sp³-hybridized carbons (Fsp3) is 0.125. The fourth-order valence-corrected chi connectivity index (χ4v) is 1.91. The second-order valence-corrected chi connectivity index (χ2v) is 4.60. The van der Waals surface area contributed by atoms with Crippen LogP contribution in [0.25, 0.3) is 0 Å². The van der Waals surface area contributed by atoms with E-state index >= 15 is 0 Å². The maximum Gasteiger partial charge on any atom is 0.335 e. The smallest absolute Gasteiger partial charge is 0.335 e. The summed E-state index contributed by atoms with van der Waals surface area (Å²) in [4.78, 5) is 23.2. The standard InChI is InChI=1S/C16H15NO3/c1-10-5-3-4-6-13(10)15(18)17-14-9-12(16(19)20)8-7-11(14)2/h3-9H,1-2H3,(H,17,18)(H,19,20). The third-order valence-electron chi connectivity index (χ3n) is 3.12. The maximum atomic E-state index is 12.2. The molecular formula is C16H15NO3. The Morgan fingerprint density at radius 2 is 1.70 bits per heavy atom. The minimum atomic E-state index is -1.02. The maximum absolute atomic E-state index is 12.2. The summed E-state index contributed by atoms with van der Waals surface area (Å²) in [5.41, 5.74) is 2.93. The molecule has 0 radical (unpaired) electrons. The monoisotopic (exact) mass is 269 g/mol. The number of nitrogens with one attached hydrogen (secondary N) is 1. The van der Waals surface area contributed by atoms with Crippen LogP contribution in [0.4, 0.5) is 5.69 Å². The fourth-order valence-electron chi connectivity index (χ4n) is 1.91. The number of carboxylic acids is 1. The van der Waals surface area contributed by atoms with Crippen molar-refractivity contribution in [2.45, 2.75) is 13.8 Å². The van der Waals surface area contributed by atoms with Crippen LogP contribution >= 0.6 is 0 Å². The normalized spacial score (nSPS) is 10.1. The molecule has 0 aromatic heterocycles. The van der Waals surface area contributed by atoms with Gasteiger partial charge in [-0.15, -0.1) is 0 Å². The van der Waals surface area contributed by atoms with E-state index in [-0.39, 0.29) is 11.5 Å². The van der Waals surface area contributed by atoms with Crippen LogP contribution in [0.2, 0.25) is 0 Å². The molecule has 0 unspecified atom stereocenters. The minimum Gasteiger partial charge on any atom is -0.478 e. The summed E-state index contributed by atoms with van der Waals surface area (Å²) in [5, 5.41) is 11.7. The molecular weight excluding hydrogens is 254 g/mol. The van der Waals surface area contributed by atoms with Crippen molar-refractivity contribution in [2.24, 2.45) is 0 Å². The molecule has 0 bridgehead atoms. The van der Waals surface area contributed by atoms with Gasteiger partial charge in [0.05, 0.1) is 5.56 Å². The van der Waals surface area contributed by atoms with E-state index in [1.54, 1.807) is 18.2 Å². The predicted molar refractivity (Wildman–Crippen MR) is 77.3 cm³/mol. The van der Waals surface area contributed by atoms with Crippen molar-refractivity contribution >= 4 is 17.6 Å². The lowest BCUT2D eigenvalue weighted by molar-refractivity contribution is 0.0696. The zero-order valence-electron chi connectivity index (χ0n) is 11.3. The van der Waals surface area contributed by atoms with Gasteiger partial charge in [-0.05, 0) is 43.2 Å². The summed E-state index contributed by atoms with van der Waals surface area (Å²) in [6.45, 7) is 3.68. The topological polar surface area (TPSA) is 66.4 Å². The molecule has 20 heavy (non-hydrogen) atoms. The van der Waals surface area contributed by atoms with Gasteiger partial charge in [-0.2, -0.15) is 0 Å². The number of carboxylic acid groups (broad SMARTS) is 1. The first kappa shape index (κ1) is 13.8. The Labute approximate surface area is 117 Å². The molecule has 2 rings (SSSR count). The highest BCUT2D eigenvalue weighted by molar-refractivity contribution is 6.06. The van der Waals surface area contributed by atoms with Gasteiger partial charge in [-0.25, -0.2) is 4.79 Å². The molecule has 0 saturated carbocycles. The van der Waals surface area contributed by atoms with Crippen molar-refractivity contribution in [1.29, 1.82) is 0 Å². The van der Waals surface area contributed by atoms with Crippen molar-refractivity contribution in [3.63, 3.8) is 0 Å². The molecule has 0 atom stereocenters. The molecule has 0 aliphatic rings. The average molecular weight is 269 g/mol. The molecule has 2 aromatic rings. The molecule has 0 aliphatic heterocycles. The molecule has 0 saturated heterocycles. The van der Waals surface area contributed by atoms with Crippen LogP contribution in [0.3, 0.4) is 0 Å². The Kier molecular flexibility index (Phi) is 3.84. The quantitative estimate of drug-likeness (QED) is 0.898. The third-order valence-corrected chi connectivity index (χ3v) is 3.12. The number of hydrogen-bond acceptors (Lipinski definition) is 2. The molecule has 1 amide bonds. The molecule has 4 nitrogen and oxygen atoms in total. The van der Waals surface area contributed by atoms with E-state index in [1.165, 1.54) is 12.1 Å². The highest BCUT2D eigenvalue weighted by Crippen LogP contribution is 2.19. The zero-order valence-corrected chi connectivity index (χ0v) is 11.3. The van der Waals surface area contributed by atoms with Gasteiger partial charge in [0.1, 0.15) is 0 Å². The van der Waals surface area contributed by atoms with Crippen molar-refractivity contribution in [2.75, 3.05) is 5.32 Å². The van der Waals surface area contributed by atoms with Gasteiger partial charge in [0, 0.05) is 11.3 Å². The number of anilines is 1. The third kappa shape index (κ3) is 2.85. The largest absolute Gasteiger partial charge is 0.478 e. The van der Waals surface area contributed by atoms with Crippen LogP contribution in [-0.4, -0.2) is 17.0 Å². The summed E-state index contributed by atoms with van der Waals surface area (Å²) in [6.07, 6.45) is 0. The van der Waals surface area contributed by atoms with E-state index in [9.17, 15) is 9.59 Å². The lowest BCUT2D eigenvalue weighted by Crippen LogP contribution is -2.14. The molecule has 2 aromatic carbocycles. The second kappa shape index (κ2) is 5.57. The van der Waals surface area contributed by atoms with E-state index in [4.69, 9.17) is 5.11 Å². The molecule has 2 N–H and O–H groups in total. The number of aryl methyl sites for hydroxylation is 2. The van der Waals surface area contributed by atoms with Crippen LogP contribution in [0.15, 0.2) is 42.5 Å². The van der Waals surface area contributed by atoms with Crippen molar-refractivity contribution in [3.8, 4) is 0 Å². The number of hydrogen-bond donors (Lipinski definition) is 2. The first-order valence-electron chi connectivity index (χ1n) is 6.20. The van der Waals surface area contributed by atoms with Crippen molar-refractivity contribution in [1.82, 2.24) is 0 Å². The van der Waals surface area contributed by atoms with Crippen LogP contribution < -0.4 is 5.32 Å². The number of aromatic carboxylic acids is 1. The van der Waals surface area contributed by atoms with Gasteiger partial charge in [0.25, 0.3) is 5.91 Å². The molecule has 102 valence electrons. The number of rotatable bonds is 3. The van der Waals surface area contributed by atoms with E-state index in [0.717, 1.165) is 11.1 Å². The van der Waals surface area contributed by atoms with Gasteiger partial charge in [0.2, 0.25) is 0 Å². The molecule has 0 heterocycles. The highest BCUT2D eigenvalue weighted by atomic mass is 16.4. The lowest BCUT2D eigenvalue weighted by atomic mass is 10.1. The average Bonchev–Trinajstić information content (AvgIpc) is 2.41. The summed E-state index contributed by atoms with van der Waals surface area (Å²) in [6, 6.07) is 11.9. The molecule has 0 fully saturated rings. The summed E-state index contributed by atoms with van der Waals surface area (Å²) in [7, 11) is 0. The Bertz CT molecular complexity index is 677. The van der Waals surface area contributed by atoms with E-state index in [2.05, 4.69) is 5.32 Å².